The molecule has 0 N–H and O–H groups in total. The molecule has 0 radical (unpaired) electrons. The molecule has 3 aromatic rings. The van der Waals surface area contributed by atoms with Crippen LogP contribution in [0, 0.1) is 12.7 Å². The van der Waals surface area contributed by atoms with Crippen molar-refractivity contribution in [3.05, 3.63) is 62.2 Å². The smallest absolute Gasteiger partial charge is 0.335 e. The molecule has 1 amide bonds. The number of carbonyl (C=O) groups excluding carboxylic acids is 1. The number of amides is 1. The Bertz CT molecular complexity index is 1190. The van der Waals surface area contributed by atoms with E-state index in [0.29, 0.717) is 42.3 Å². The SMILES string of the molecule is Cc1cc(C(F)(F)F)n2nc(C(=O)N3CCN(Cc4ccc(F)cc4Cl)CC3)c(Br)c2n1. The highest BCUT2D eigenvalue weighted by Gasteiger charge is 2.36. The fourth-order valence-electron chi connectivity index (χ4n) is 3.60. The Balaban J connectivity index is 1.51. The summed E-state index contributed by atoms with van der Waals surface area (Å²) in [5, 5.41) is 4.26. The van der Waals surface area contributed by atoms with E-state index in [-0.39, 0.29) is 21.5 Å². The largest absolute Gasteiger partial charge is 0.433 e. The van der Waals surface area contributed by atoms with Gasteiger partial charge in [-0.3, -0.25) is 9.69 Å². The number of carbonyl (C=O) groups is 1. The molecule has 1 aliphatic heterocycles. The van der Waals surface area contributed by atoms with Gasteiger partial charge in [-0.1, -0.05) is 17.7 Å². The zero-order valence-corrected chi connectivity index (χ0v) is 19.1. The summed E-state index contributed by atoms with van der Waals surface area (Å²) in [5.74, 6) is -0.891. The van der Waals surface area contributed by atoms with E-state index in [2.05, 4.69) is 30.9 Å². The van der Waals surface area contributed by atoms with Crippen molar-refractivity contribution in [2.45, 2.75) is 19.6 Å². The van der Waals surface area contributed by atoms with E-state index >= 15 is 0 Å². The number of piperazine rings is 1. The van der Waals surface area contributed by atoms with Gasteiger partial charge in [-0.2, -0.15) is 18.3 Å². The molecule has 170 valence electrons. The topological polar surface area (TPSA) is 53.7 Å². The summed E-state index contributed by atoms with van der Waals surface area (Å²) in [6, 6.07) is 5.10. The third-order valence-electron chi connectivity index (χ3n) is 5.22. The lowest BCUT2D eigenvalue weighted by molar-refractivity contribution is -0.142. The van der Waals surface area contributed by atoms with Gasteiger partial charge in [0.05, 0.1) is 4.47 Å². The van der Waals surface area contributed by atoms with Crippen LogP contribution in [-0.4, -0.2) is 56.5 Å². The van der Waals surface area contributed by atoms with Crippen LogP contribution in [0.3, 0.4) is 0 Å². The van der Waals surface area contributed by atoms with E-state index < -0.39 is 23.6 Å². The van der Waals surface area contributed by atoms with Gasteiger partial charge in [0.15, 0.2) is 11.3 Å². The van der Waals surface area contributed by atoms with Crippen LogP contribution in [0.4, 0.5) is 17.6 Å². The highest BCUT2D eigenvalue weighted by molar-refractivity contribution is 9.10. The van der Waals surface area contributed by atoms with E-state index in [9.17, 15) is 22.4 Å². The average molecular weight is 535 g/mol. The maximum atomic E-state index is 13.4. The minimum absolute atomic E-state index is 0.0646. The number of rotatable bonds is 3. The van der Waals surface area contributed by atoms with E-state index in [1.807, 2.05) is 0 Å². The minimum atomic E-state index is -4.65. The fourth-order valence-corrected chi connectivity index (χ4v) is 4.33. The Labute approximate surface area is 193 Å². The molecule has 3 heterocycles. The van der Waals surface area contributed by atoms with Gasteiger partial charge in [-0.15, -0.1) is 0 Å². The van der Waals surface area contributed by atoms with Gasteiger partial charge in [-0.25, -0.2) is 13.9 Å². The van der Waals surface area contributed by atoms with E-state index in [1.54, 1.807) is 6.07 Å². The minimum Gasteiger partial charge on any atom is -0.335 e. The van der Waals surface area contributed by atoms with Crippen molar-refractivity contribution in [1.82, 2.24) is 24.4 Å². The van der Waals surface area contributed by atoms with Crippen LogP contribution in [0.5, 0.6) is 0 Å². The molecule has 0 atom stereocenters. The first kappa shape index (κ1) is 22.9. The first-order valence-corrected chi connectivity index (χ1v) is 10.8. The van der Waals surface area contributed by atoms with Gasteiger partial charge in [0.1, 0.15) is 11.5 Å². The molecule has 1 aromatic carbocycles. The van der Waals surface area contributed by atoms with Crippen molar-refractivity contribution in [3.8, 4) is 0 Å². The number of fused-ring (bicyclic) bond motifs is 1. The van der Waals surface area contributed by atoms with Gasteiger partial charge in [0.2, 0.25) is 0 Å². The Morgan fingerprint density at radius 3 is 2.50 bits per heavy atom. The summed E-state index contributed by atoms with van der Waals surface area (Å²) >= 11 is 9.29. The highest BCUT2D eigenvalue weighted by Crippen LogP contribution is 2.32. The fraction of sp³-hybridized carbons (Fsp3) is 0.350. The number of aromatic nitrogens is 3. The Morgan fingerprint density at radius 2 is 1.88 bits per heavy atom. The average Bonchev–Trinajstić information content (AvgIpc) is 3.05. The second kappa shape index (κ2) is 8.60. The summed E-state index contributed by atoms with van der Waals surface area (Å²) in [5.41, 5.74) is -0.246. The van der Waals surface area contributed by atoms with Crippen molar-refractivity contribution < 1.29 is 22.4 Å². The molecule has 0 aliphatic carbocycles. The first-order chi connectivity index (χ1) is 15.0. The third-order valence-corrected chi connectivity index (χ3v) is 6.30. The molecule has 0 bridgehead atoms. The second-order valence-corrected chi connectivity index (χ2v) is 8.68. The molecule has 0 spiro atoms. The van der Waals surface area contributed by atoms with Crippen molar-refractivity contribution >= 4 is 39.1 Å². The summed E-state index contributed by atoms with van der Waals surface area (Å²) in [6.07, 6.45) is -4.65. The van der Waals surface area contributed by atoms with Crippen molar-refractivity contribution in [1.29, 1.82) is 0 Å². The lowest BCUT2D eigenvalue weighted by atomic mass is 10.2. The Morgan fingerprint density at radius 1 is 1.19 bits per heavy atom. The molecule has 1 aliphatic rings. The molecule has 4 rings (SSSR count). The maximum Gasteiger partial charge on any atom is 0.433 e. The van der Waals surface area contributed by atoms with Crippen LogP contribution in [0.25, 0.3) is 5.65 Å². The van der Waals surface area contributed by atoms with Crippen molar-refractivity contribution in [2.75, 3.05) is 26.2 Å². The quantitative estimate of drug-likeness (QED) is 0.462. The van der Waals surface area contributed by atoms with Gasteiger partial charge in [-0.05, 0) is 46.6 Å². The molecule has 6 nitrogen and oxygen atoms in total. The first-order valence-electron chi connectivity index (χ1n) is 9.63. The monoisotopic (exact) mass is 533 g/mol. The molecule has 1 fully saturated rings. The Hall–Kier alpha value is -2.24. The number of aryl methyl sites for hydroxylation is 1. The second-order valence-electron chi connectivity index (χ2n) is 7.48. The van der Waals surface area contributed by atoms with Crippen molar-refractivity contribution in [2.24, 2.45) is 0 Å². The van der Waals surface area contributed by atoms with Gasteiger partial charge in [0, 0.05) is 43.4 Å². The van der Waals surface area contributed by atoms with E-state index in [0.717, 1.165) is 11.6 Å². The lowest BCUT2D eigenvalue weighted by Crippen LogP contribution is -2.48. The lowest BCUT2D eigenvalue weighted by Gasteiger charge is -2.34. The van der Waals surface area contributed by atoms with Crippen LogP contribution in [-0.2, 0) is 12.7 Å². The van der Waals surface area contributed by atoms with Crippen LogP contribution in [0.1, 0.15) is 27.4 Å². The third kappa shape index (κ3) is 4.46. The zero-order chi connectivity index (χ0) is 23.2. The molecule has 0 unspecified atom stereocenters. The van der Waals surface area contributed by atoms with Crippen LogP contribution in [0.15, 0.2) is 28.7 Å². The summed E-state index contributed by atoms with van der Waals surface area (Å²) in [6.45, 7) is 3.71. The van der Waals surface area contributed by atoms with Crippen LogP contribution < -0.4 is 0 Å². The number of alkyl halides is 3. The van der Waals surface area contributed by atoms with E-state index in [1.165, 1.54) is 24.0 Å². The van der Waals surface area contributed by atoms with Crippen LogP contribution >= 0.6 is 27.5 Å². The molecule has 0 saturated carbocycles. The molecule has 32 heavy (non-hydrogen) atoms. The number of hydrogen-bond donors (Lipinski definition) is 0. The predicted molar refractivity (Wildman–Crippen MR) is 113 cm³/mol. The normalized spacial score (nSPS) is 15.5. The zero-order valence-electron chi connectivity index (χ0n) is 16.8. The molecule has 2 aromatic heterocycles. The highest BCUT2D eigenvalue weighted by atomic mass is 79.9. The summed E-state index contributed by atoms with van der Waals surface area (Å²) < 4.78 is 54.3. The molecular weight excluding hydrogens is 518 g/mol. The van der Waals surface area contributed by atoms with Gasteiger partial charge >= 0.3 is 6.18 Å². The maximum absolute atomic E-state index is 13.4. The number of benzene rings is 1. The summed E-state index contributed by atoms with van der Waals surface area (Å²) in [7, 11) is 0. The van der Waals surface area contributed by atoms with Crippen LogP contribution in [0.2, 0.25) is 5.02 Å². The van der Waals surface area contributed by atoms with Crippen molar-refractivity contribution in [3.63, 3.8) is 0 Å². The summed E-state index contributed by atoms with van der Waals surface area (Å²) in [4.78, 5) is 20.7. The van der Waals surface area contributed by atoms with Gasteiger partial charge in [0.25, 0.3) is 5.91 Å². The predicted octanol–water partition coefficient (Wildman–Crippen LogP) is 4.57. The Kier molecular flexibility index (Phi) is 6.17. The van der Waals surface area contributed by atoms with E-state index in [4.69, 9.17) is 11.6 Å². The standard InChI is InChI=1S/C20H17BrClF4N5O/c1-11-8-15(20(24,25)26)31-18(27-11)16(21)17(28-31)19(32)30-6-4-29(5-7-30)10-12-2-3-13(23)9-14(12)22/h2-3,8-9H,4-7,10H2,1H3. The number of halogens is 6. The molecule has 12 heteroatoms. The number of hydrogen-bond acceptors (Lipinski definition) is 4. The number of nitrogens with zero attached hydrogens (tertiary/aromatic N) is 5. The molecule has 1 saturated heterocycles. The molecular formula is C20H17BrClF4N5O. The van der Waals surface area contributed by atoms with Gasteiger partial charge < -0.3 is 4.90 Å².